The molecule has 0 radical (unpaired) electrons. The van der Waals surface area contributed by atoms with E-state index in [-0.39, 0.29) is 36.6 Å². The maximum absolute atomic E-state index is 13.3. The maximum atomic E-state index is 13.3. The van der Waals surface area contributed by atoms with Gasteiger partial charge < -0.3 is 19.7 Å². The van der Waals surface area contributed by atoms with Crippen LogP contribution in [0, 0.1) is 0 Å². The fraction of sp³-hybridized carbons (Fsp3) is 0.455. The van der Waals surface area contributed by atoms with Crippen molar-refractivity contribution in [3.05, 3.63) is 59.9 Å². The molecule has 1 atom stereocenters. The van der Waals surface area contributed by atoms with Crippen molar-refractivity contribution < 1.29 is 9.59 Å². The number of fused-ring (bicyclic) bond motifs is 1. The summed E-state index contributed by atoms with van der Waals surface area (Å²) < 4.78 is 2.20. The number of urea groups is 1. The molecule has 6 nitrogen and oxygen atoms in total. The lowest BCUT2D eigenvalue weighted by Gasteiger charge is -2.39. The molecule has 2 heterocycles. The second-order valence-corrected chi connectivity index (χ2v) is 7.85. The first-order valence-corrected chi connectivity index (χ1v) is 9.95. The van der Waals surface area contributed by atoms with Crippen LogP contribution in [-0.4, -0.2) is 51.5 Å². The number of carbonyl (C=O) groups excluding carboxylic acids is 2. The third kappa shape index (κ3) is 4.21. The first kappa shape index (κ1) is 20.0. The lowest BCUT2D eigenvalue weighted by atomic mass is 10.00. The Bertz CT molecular complexity index is 813. The van der Waals surface area contributed by atoms with Gasteiger partial charge in [-0.3, -0.25) is 4.79 Å². The van der Waals surface area contributed by atoms with Crippen molar-refractivity contribution in [2.75, 3.05) is 13.1 Å². The fourth-order valence-corrected chi connectivity index (χ4v) is 3.69. The largest absolute Gasteiger partial charge is 0.348 e. The van der Waals surface area contributed by atoms with Gasteiger partial charge in [-0.15, -0.1) is 0 Å². The predicted molar refractivity (Wildman–Crippen MR) is 110 cm³/mol. The summed E-state index contributed by atoms with van der Waals surface area (Å²) in [6.45, 7) is 9.16. The normalized spacial score (nSPS) is 16.2. The quantitative estimate of drug-likeness (QED) is 0.863. The van der Waals surface area contributed by atoms with Crippen molar-refractivity contribution in [2.45, 2.75) is 52.4 Å². The summed E-state index contributed by atoms with van der Waals surface area (Å²) >= 11 is 0. The van der Waals surface area contributed by atoms with Gasteiger partial charge in [0, 0.05) is 37.1 Å². The average molecular weight is 383 g/mol. The zero-order chi connectivity index (χ0) is 20.3. The summed E-state index contributed by atoms with van der Waals surface area (Å²) in [4.78, 5) is 29.4. The highest BCUT2D eigenvalue weighted by Crippen LogP contribution is 2.32. The predicted octanol–water partition coefficient (Wildman–Crippen LogP) is 3.25. The summed E-state index contributed by atoms with van der Waals surface area (Å²) in [6, 6.07) is 13.8. The van der Waals surface area contributed by atoms with Crippen LogP contribution in [0.25, 0.3) is 0 Å². The van der Waals surface area contributed by atoms with Crippen molar-refractivity contribution in [3.63, 3.8) is 0 Å². The van der Waals surface area contributed by atoms with Crippen molar-refractivity contribution in [2.24, 2.45) is 0 Å². The third-order valence-electron chi connectivity index (χ3n) is 5.08. The lowest BCUT2D eigenvalue weighted by Crippen LogP contribution is -2.52. The van der Waals surface area contributed by atoms with Crippen LogP contribution in [0.1, 0.15) is 45.0 Å². The summed E-state index contributed by atoms with van der Waals surface area (Å²) in [5, 5.41) is 2.90. The number of amides is 3. The van der Waals surface area contributed by atoms with Crippen LogP contribution in [0.5, 0.6) is 0 Å². The zero-order valence-electron chi connectivity index (χ0n) is 17.1. The molecule has 0 bridgehead atoms. The van der Waals surface area contributed by atoms with E-state index in [1.807, 2.05) is 56.9 Å². The van der Waals surface area contributed by atoms with Crippen LogP contribution in [0.2, 0.25) is 0 Å². The van der Waals surface area contributed by atoms with Crippen LogP contribution < -0.4 is 5.32 Å². The molecular formula is C22H30N4O2. The van der Waals surface area contributed by atoms with Crippen LogP contribution in [0.3, 0.4) is 0 Å². The second kappa shape index (κ2) is 8.50. The maximum Gasteiger partial charge on any atom is 0.318 e. The van der Waals surface area contributed by atoms with Crippen LogP contribution in [0.4, 0.5) is 4.79 Å². The Morgan fingerprint density at radius 2 is 1.79 bits per heavy atom. The monoisotopic (exact) mass is 382 g/mol. The van der Waals surface area contributed by atoms with Gasteiger partial charge in [-0.25, -0.2) is 4.79 Å². The molecule has 1 N–H and O–H groups in total. The number of nitrogens with zero attached hydrogens (tertiary/aromatic N) is 3. The number of benzene rings is 1. The summed E-state index contributed by atoms with van der Waals surface area (Å²) in [6.07, 6.45) is 2.06. The van der Waals surface area contributed by atoms with E-state index in [0.717, 1.165) is 17.8 Å². The number of hydrogen-bond acceptors (Lipinski definition) is 2. The molecule has 1 aromatic heterocycles. The van der Waals surface area contributed by atoms with Crippen LogP contribution in [0.15, 0.2) is 48.7 Å². The van der Waals surface area contributed by atoms with Gasteiger partial charge in [0.1, 0.15) is 6.54 Å². The number of rotatable bonds is 5. The third-order valence-corrected chi connectivity index (χ3v) is 5.08. The molecule has 0 saturated heterocycles. The number of nitrogens with one attached hydrogen (secondary N) is 1. The minimum Gasteiger partial charge on any atom is -0.348 e. The van der Waals surface area contributed by atoms with Crippen molar-refractivity contribution in [1.29, 1.82) is 0 Å². The van der Waals surface area contributed by atoms with Gasteiger partial charge >= 0.3 is 6.03 Å². The van der Waals surface area contributed by atoms with Gasteiger partial charge in [-0.1, -0.05) is 30.3 Å². The molecule has 150 valence electrons. The lowest BCUT2D eigenvalue weighted by molar-refractivity contribution is -0.134. The van der Waals surface area contributed by atoms with E-state index in [4.69, 9.17) is 0 Å². The highest BCUT2D eigenvalue weighted by molar-refractivity contribution is 5.85. The molecule has 28 heavy (non-hydrogen) atoms. The van der Waals surface area contributed by atoms with Crippen molar-refractivity contribution in [3.8, 4) is 0 Å². The van der Waals surface area contributed by atoms with E-state index in [9.17, 15) is 9.59 Å². The molecule has 0 saturated carbocycles. The standard InChI is InChI=1S/C22H30N4O2/c1-16(2)23-22(28)26(17(3)4)15-20(27)25-14-13-24-12-8-11-19(24)21(25)18-9-6-5-7-10-18/h5-12,16-17,21H,13-15H2,1-4H3,(H,23,28). The van der Waals surface area contributed by atoms with Gasteiger partial charge in [0.2, 0.25) is 5.91 Å². The molecule has 2 aromatic rings. The molecule has 0 aliphatic carbocycles. The van der Waals surface area contributed by atoms with Gasteiger partial charge in [0.15, 0.2) is 0 Å². The fourth-order valence-electron chi connectivity index (χ4n) is 3.69. The highest BCUT2D eigenvalue weighted by atomic mass is 16.2. The number of carbonyl (C=O) groups is 2. The number of hydrogen-bond donors (Lipinski definition) is 1. The zero-order valence-corrected chi connectivity index (χ0v) is 17.1. The topological polar surface area (TPSA) is 57.6 Å². The molecule has 1 unspecified atom stereocenters. The highest BCUT2D eigenvalue weighted by Gasteiger charge is 2.33. The van der Waals surface area contributed by atoms with E-state index in [0.29, 0.717) is 6.54 Å². The van der Waals surface area contributed by atoms with Gasteiger partial charge in [-0.05, 0) is 45.4 Å². The summed E-state index contributed by atoms with van der Waals surface area (Å²) in [5.41, 5.74) is 2.19. The Labute approximate surface area is 167 Å². The Hall–Kier alpha value is -2.76. The Morgan fingerprint density at radius 1 is 1.07 bits per heavy atom. The smallest absolute Gasteiger partial charge is 0.318 e. The van der Waals surface area contributed by atoms with E-state index >= 15 is 0 Å². The molecule has 6 heteroatoms. The van der Waals surface area contributed by atoms with Gasteiger partial charge in [0.05, 0.1) is 6.04 Å². The molecular weight excluding hydrogens is 352 g/mol. The Balaban J connectivity index is 1.86. The summed E-state index contributed by atoms with van der Waals surface area (Å²) in [5.74, 6) is -0.0334. The molecule has 3 rings (SSSR count). The van der Waals surface area contributed by atoms with Crippen molar-refractivity contribution >= 4 is 11.9 Å². The second-order valence-electron chi connectivity index (χ2n) is 7.85. The van der Waals surface area contributed by atoms with E-state index in [2.05, 4.69) is 34.3 Å². The molecule has 1 aromatic carbocycles. The average Bonchev–Trinajstić information content (AvgIpc) is 3.13. The Morgan fingerprint density at radius 3 is 2.43 bits per heavy atom. The molecule has 1 aliphatic rings. The first-order valence-electron chi connectivity index (χ1n) is 9.95. The van der Waals surface area contributed by atoms with Crippen LogP contribution in [-0.2, 0) is 11.3 Å². The molecule has 0 spiro atoms. The summed E-state index contributed by atoms with van der Waals surface area (Å²) in [7, 11) is 0. The molecule has 3 amide bonds. The minimum atomic E-state index is -0.199. The van der Waals surface area contributed by atoms with Crippen molar-refractivity contribution in [1.82, 2.24) is 19.7 Å². The Kier molecular flexibility index (Phi) is 6.07. The first-order chi connectivity index (χ1) is 13.4. The minimum absolute atomic E-state index is 0.0270. The molecule has 0 fully saturated rings. The van der Waals surface area contributed by atoms with E-state index < -0.39 is 0 Å². The molecule has 1 aliphatic heterocycles. The van der Waals surface area contributed by atoms with Crippen LogP contribution >= 0.6 is 0 Å². The number of aromatic nitrogens is 1. The van der Waals surface area contributed by atoms with Gasteiger partial charge in [0.25, 0.3) is 0 Å². The SMILES string of the molecule is CC(C)NC(=O)N(CC(=O)N1CCn2cccc2C1c1ccccc1)C(C)C. The van der Waals surface area contributed by atoms with Gasteiger partial charge in [-0.2, -0.15) is 0 Å². The van der Waals surface area contributed by atoms with E-state index in [1.54, 1.807) is 4.90 Å². The van der Waals surface area contributed by atoms with E-state index in [1.165, 1.54) is 0 Å².